The molecular formula is C103H182N8O24. The summed E-state index contributed by atoms with van der Waals surface area (Å²) in [5, 5.41) is 0. The number of esters is 8. The molecule has 0 aromatic heterocycles. The van der Waals surface area contributed by atoms with Crippen molar-refractivity contribution in [2.45, 2.75) is 356 Å². The minimum atomic E-state index is -0.312. The second-order valence-electron chi connectivity index (χ2n) is 33.8. The molecule has 0 rings (SSSR count). The first kappa shape index (κ1) is 140. The summed E-state index contributed by atoms with van der Waals surface area (Å²) < 4.78 is 39.7. The van der Waals surface area contributed by atoms with Gasteiger partial charge in [0.15, 0.2) is 0 Å². The number of hydrogen-bond acceptors (Lipinski definition) is 24. The SMILES string of the molecule is C=CC(=O)N(CCC(=O)OC(C)C)C(C)C.C=CC(=O)N(CCC(=O)OC)C(C)C.C=CC(=O)N(CCC(=O)OCC(C)C)C(C)C.C=CC(=O)N(CCC(=O)OCC(CC)CCCC)C(C)C.C=CC(=O)N(CCC(=O)OCC)C(C)C.C=CC(=O)N(CCC(=O)OCCC)C(C)C.C=CC(=O)N(CCC(=O)OCCCC)C(C)C.C=CC(=O)N(CCC(=O)OCCCCCC)C(C)C. The molecule has 0 fully saturated rings. The van der Waals surface area contributed by atoms with Crippen LogP contribution in [0.5, 0.6) is 0 Å². The van der Waals surface area contributed by atoms with Crippen LogP contribution >= 0.6 is 0 Å². The van der Waals surface area contributed by atoms with Crippen LogP contribution in [-0.4, -0.2) is 288 Å². The fourth-order valence-electron chi connectivity index (χ4n) is 11.3. The standard InChI is InChI=1S/C17H31NO3.C15H27NO3.2C13H23NO3.2C12H21NO3.C11H19NO3.C10H17NO3/c1-6-9-10-15(7-2)13-21-17(20)11-12-18(14(4)5)16(19)8-3;1-5-7-8-9-12-19-15(18)10-11-16(13(3)4)14(17)6-2;1-6-12(15)14(11(4)5)8-7-13(16)17-9-10(2)3;1-5-7-10-17-13(16)8-9-14(11(3)4)12(15)6-2;1-6-11(14)13(9(2)3)8-7-12(15)16-10(4)5;1-5-9-16-12(15)7-8-13(10(3)4)11(14)6-2;1-5-10(13)12(9(3)4)8-7-11(14)15-6-2;1-5-9(12)11(8(2)3)7-6-10(13)14-4/h8,14-15H,3,6-7,9-13H2,1-2,4-5H3;6,13H,2,5,7-12H2,1,3-4H3;6,10-11H,1,7-9H2,2-5H3;6,11H,2,5,7-10H2,1,3-4H3;6,9-10H,1,7-8H2,2-5H3;6,10H,2,5,7-9H2,1,3-4H3;5,9H,1,6-8H2,2-4H3;5,8H,1,6-7H2,2-4H3. The van der Waals surface area contributed by atoms with Gasteiger partial charge in [0.25, 0.3) is 0 Å². The highest BCUT2D eigenvalue weighted by atomic mass is 16.6. The summed E-state index contributed by atoms with van der Waals surface area (Å²) in [6.45, 7) is 83.4. The molecule has 8 amide bonds. The maximum Gasteiger partial charge on any atom is 0.307 e. The zero-order valence-corrected chi connectivity index (χ0v) is 88.3. The van der Waals surface area contributed by atoms with Crippen LogP contribution < -0.4 is 0 Å². The van der Waals surface area contributed by atoms with Gasteiger partial charge in [-0.1, -0.05) is 146 Å². The van der Waals surface area contributed by atoms with Crippen molar-refractivity contribution < 1.29 is 115 Å². The second kappa shape index (κ2) is 89.9. The van der Waals surface area contributed by atoms with Crippen LogP contribution in [0.2, 0.25) is 0 Å². The molecule has 0 aliphatic heterocycles. The van der Waals surface area contributed by atoms with Crippen molar-refractivity contribution in [1.29, 1.82) is 0 Å². The third kappa shape index (κ3) is 80.4. The lowest BCUT2D eigenvalue weighted by atomic mass is 10.0. The average Bonchev–Trinajstić information content (AvgIpc) is 0.949. The number of carbonyl (C=O) groups is 16. The summed E-state index contributed by atoms with van der Waals surface area (Å²) in [5.41, 5.74) is 0. The molecule has 0 bridgehead atoms. The van der Waals surface area contributed by atoms with Crippen molar-refractivity contribution in [2.24, 2.45) is 11.8 Å². The molecule has 0 N–H and O–H groups in total. The van der Waals surface area contributed by atoms with E-state index < -0.39 is 0 Å². The van der Waals surface area contributed by atoms with E-state index in [0.717, 1.165) is 51.4 Å². The van der Waals surface area contributed by atoms with E-state index in [2.05, 4.69) is 78.1 Å². The molecule has 0 heterocycles. The average molecular weight is 1920 g/mol. The molecule has 0 aromatic rings. The Labute approximate surface area is 813 Å². The molecule has 135 heavy (non-hydrogen) atoms. The molecule has 1 unspecified atom stereocenters. The predicted molar refractivity (Wildman–Crippen MR) is 535 cm³/mol. The first-order valence-electron chi connectivity index (χ1n) is 48.0. The zero-order chi connectivity index (χ0) is 106. The number of rotatable bonds is 60. The Bertz CT molecular complexity index is 3420. The van der Waals surface area contributed by atoms with Crippen molar-refractivity contribution in [3.63, 3.8) is 0 Å². The van der Waals surface area contributed by atoms with Gasteiger partial charge in [0, 0.05) is 101 Å². The first-order valence-corrected chi connectivity index (χ1v) is 48.0. The Morgan fingerprint density at radius 3 is 0.696 bits per heavy atom. The van der Waals surface area contributed by atoms with Crippen LogP contribution in [0.3, 0.4) is 0 Å². The minimum Gasteiger partial charge on any atom is -0.469 e. The molecule has 0 radical (unpaired) electrons. The number of nitrogens with zero attached hydrogens (tertiary/aromatic N) is 8. The largest absolute Gasteiger partial charge is 0.469 e. The van der Waals surface area contributed by atoms with Crippen molar-refractivity contribution in [2.75, 3.05) is 99.1 Å². The molecule has 0 aliphatic carbocycles. The van der Waals surface area contributed by atoms with Gasteiger partial charge in [-0.15, -0.1) is 0 Å². The Morgan fingerprint density at radius 1 is 0.252 bits per heavy atom. The number of methoxy groups -OCH3 is 1. The molecule has 0 aliphatic rings. The number of amides is 8. The molecule has 0 spiro atoms. The van der Waals surface area contributed by atoms with Crippen molar-refractivity contribution in [3.8, 4) is 0 Å². The minimum absolute atomic E-state index is 0.0521. The molecular weight excluding hydrogens is 1730 g/mol. The fourth-order valence-corrected chi connectivity index (χ4v) is 11.3. The summed E-state index contributed by atoms with van der Waals surface area (Å²) in [4.78, 5) is 195. The quantitative estimate of drug-likeness (QED) is 0.0236. The summed E-state index contributed by atoms with van der Waals surface area (Å²) in [6, 6.07) is 0.457. The topological polar surface area (TPSA) is 373 Å². The van der Waals surface area contributed by atoms with E-state index in [0.29, 0.717) is 104 Å². The lowest BCUT2D eigenvalue weighted by molar-refractivity contribution is -0.149. The van der Waals surface area contributed by atoms with Crippen LogP contribution in [0, 0.1) is 11.8 Å². The van der Waals surface area contributed by atoms with Gasteiger partial charge in [0.1, 0.15) is 0 Å². The van der Waals surface area contributed by atoms with Gasteiger partial charge in [-0.25, -0.2) is 0 Å². The third-order valence-electron chi connectivity index (χ3n) is 19.1. The van der Waals surface area contributed by atoms with Gasteiger partial charge >= 0.3 is 47.8 Å². The number of unbranched alkanes of at least 4 members (excludes halogenated alkanes) is 5. The summed E-state index contributed by atoms with van der Waals surface area (Å²) in [5.74, 6) is -2.57. The van der Waals surface area contributed by atoms with Crippen LogP contribution in [-0.2, 0) is 115 Å². The summed E-state index contributed by atoms with van der Waals surface area (Å²) in [7, 11) is 1.33. The molecule has 0 saturated carbocycles. The molecule has 0 aromatic carbocycles. The highest BCUT2D eigenvalue weighted by Gasteiger charge is 2.24. The normalized spacial score (nSPS) is 10.4. The van der Waals surface area contributed by atoms with Crippen molar-refractivity contribution >= 4 is 95.0 Å². The third-order valence-corrected chi connectivity index (χ3v) is 19.1. The molecule has 32 nitrogen and oxygen atoms in total. The Balaban J connectivity index is -0.000000228. The maximum atomic E-state index is 11.8. The second-order valence-corrected chi connectivity index (χ2v) is 33.8. The van der Waals surface area contributed by atoms with E-state index in [9.17, 15) is 76.7 Å². The van der Waals surface area contributed by atoms with E-state index >= 15 is 0 Å². The van der Waals surface area contributed by atoms with Gasteiger partial charge in [-0.3, -0.25) is 76.7 Å². The first-order chi connectivity index (χ1) is 63.3. The number of carbonyl (C=O) groups excluding carboxylic acids is 16. The van der Waals surface area contributed by atoms with E-state index in [1.807, 2.05) is 138 Å². The van der Waals surface area contributed by atoms with Crippen LogP contribution in [0.15, 0.2) is 101 Å². The maximum absolute atomic E-state index is 11.8. The van der Waals surface area contributed by atoms with Crippen molar-refractivity contribution in [3.05, 3.63) is 101 Å². The van der Waals surface area contributed by atoms with Crippen molar-refractivity contribution in [1.82, 2.24) is 39.2 Å². The Morgan fingerprint density at radius 2 is 0.481 bits per heavy atom. The lowest BCUT2D eigenvalue weighted by Gasteiger charge is -2.25. The summed E-state index contributed by atoms with van der Waals surface area (Å²) in [6.07, 6.45) is 23.3. The molecule has 32 heteroatoms. The van der Waals surface area contributed by atoms with E-state index in [1.165, 1.54) is 75.0 Å². The highest BCUT2D eigenvalue weighted by molar-refractivity contribution is 5.91. The predicted octanol–water partition coefficient (Wildman–Crippen LogP) is 16.5. The van der Waals surface area contributed by atoms with Crippen LogP contribution in [0.25, 0.3) is 0 Å². The Hall–Kier alpha value is -10.6. The Kier molecular flexibility index (Phi) is 93.2. The monoisotopic (exact) mass is 1920 g/mol. The summed E-state index contributed by atoms with van der Waals surface area (Å²) >= 11 is 0. The van der Waals surface area contributed by atoms with Gasteiger partial charge in [-0.05, 0) is 218 Å². The zero-order valence-electron chi connectivity index (χ0n) is 88.3. The number of ether oxygens (including phenoxy) is 8. The number of hydrogen-bond donors (Lipinski definition) is 0. The lowest BCUT2D eigenvalue weighted by Crippen LogP contribution is -2.37. The smallest absolute Gasteiger partial charge is 0.307 e. The molecule has 0 saturated heterocycles. The van der Waals surface area contributed by atoms with Gasteiger partial charge in [-0.2, -0.15) is 0 Å². The van der Waals surface area contributed by atoms with Gasteiger partial charge in [0.2, 0.25) is 47.3 Å². The van der Waals surface area contributed by atoms with Crippen LogP contribution in [0.1, 0.15) is 302 Å². The fraction of sp³-hybridized carbons (Fsp3) is 0.689. The van der Waals surface area contributed by atoms with E-state index in [4.69, 9.17) is 33.2 Å². The van der Waals surface area contributed by atoms with Gasteiger partial charge in [0.05, 0.1) is 104 Å². The van der Waals surface area contributed by atoms with Crippen LogP contribution in [0.4, 0.5) is 0 Å². The molecule has 1 atom stereocenters. The molecule has 778 valence electrons. The highest BCUT2D eigenvalue weighted by Crippen LogP contribution is 2.16. The van der Waals surface area contributed by atoms with E-state index in [1.54, 1.807) is 60.0 Å². The van der Waals surface area contributed by atoms with Gasteiger partial charge < -0.3 is 77.1 Å². The van der Waals surface area contributed by atoms with E-state index in [-0.39, 0.29) is 201 Å².